The van der Waals surface area contributed by atoms with Gasteiger partial charge in [0.05, 0.1) is 18.2 Å². The van der Waals surface area contributed by atoms with E-state index in [2.05, 4.69) is 4.98 Å². The van der Waals surface area contributed by atoms with Gasteiger partial charge in [-0.2, -0.15) is 0 Å². The van der Waals surface area contributed by atoms with Crippen molar-refractivity contribution in [1.29, 1.82) is 0 Å². The lowest BCUT2D eigenvalue weighted by atomic mass is 10.2. The van der Waals surface area contributed by atoms with Crippen LogP contribution in [-0.2, 0) is 11.3 Å². The summed E-state index contributed by atoms with van der Waals surface area (Å²) in [5, 5.41) is 2.26. The van der Waals surface area contributed by atoms with Crippen LogP contribution in [0.1, 0.15) is 16.1 Å². The summed E-state index contributed by atoms with van der Waals surface area (Å²) in [6.45, 7) is 1.89. The predicted molar refractivity (Wildman–Crippen MR) is 110 cm³/mol. The predicted octanol–water partition coefficient (Wildman–Crippen LogP) is 4.79. The lowest BCUT2D eigenvalue weighted by Crippen LogP contribution is -2.40. The molecule has 0 atom stereocenters. The van der Waals surface area contributed by atoms with E-state index in [1.807, 2.05) is 0 Å². The molecule has 156 valence electrons. The first kappa shape index (κ1) is 20.7. The summed E-state index contributed by atoms with van der Waals surface area (Å²) in [4.78, 5) is 18.5. The van der Waals surface area contributed by atoms with Gasteiger partial charge >= 0.3 is 0 Å². The number of carbonyl (C=O) groups is 1. The van der Waals surface area contributed by atoms with Gasteiger partial charge in [0.1, 0.15) is 34.7 Å². The minimum atomic E-state index is -0.549. The van der Waals surface area contributed by atoms with Crippen molar-refractivity contribution in [2.75, 3.05) is 26.3 Å². The number of aromatic nitrogens is 1. The zero-order valence-corrected chi connectivity index (χ0v) is 17.3. The second-order valence-electron chi connectivity index (χ2n) is 6.57. The summed E-state index contributed by atoms with van der Waals surface area (Å²) >= 11 is 7.17. The Labute approximate surface area is 180 Å². The molecule has 0 saturated carbocycles. The maximum atomic E-state index is 14.7. The number of thiazole rings is 1. The van der Waals surface area contributed by atoms with Gasteiger partial charge in [0, 0.05) is 35.7 Å². The molecule has 0 unspecified atom stereocenters. The smallest absolute Gasteiger partial charge is 0.273 e. The maximum absolute atomic E-state index is 14.7. The first-order chi connectivity index (χ1) is 14.5. The highest BCUT2D eigenvalue weighted by atomic mass is 35.5. The van der Waals surface area contributed by atoms with Crippen LogP contribution >= 0.6 is 22.9 Å². The average molecular weight is 451 g/mol. The Bertz CT molecular complexity index is 1050. The van der Waals surface area contributed by atoms with Gasteiger partial charge in [0.2, 0.25) is 0 Å². The van der Waals surface area contributed by atoms with Crippen molar-refractivity contribution in [3.05, 3.63) is 69.7 Å². The van der Waals surface area contributed by atoms with E-state index in [-0.39, 0.29) is 40.1 Å². The number of ether oxygens (including phenoxy) is 2. The Morgan fingerprint density at radius 3 is 2.73 bits per heavy atom. The number of amides is 1. The molecule has 0 spiro atoms. The SMILES string of the molecule is O=C(c1csc(-c2ccc(OCc3c(F)cccc3Cl)cc2F)n1)N1CCOCC1. The Morgan fingerprint density at radius 1 is 1.20 bits per heavy atom. The Balaban J connectivity index is 1.47. The molecular formula is C21H17ClF2N2O3S. The van der Waals surface area contributed by atoms with Gasteiger partial charge in [0.25, 0.3) is 5.91 Å². The van der Waals surface area contributed by atoms with Gasteiger partial charge < -0.3 is 14.4 Å². The molecule has 1 fully saturated rings. The fraction of sp³-hybridized carbons (Fsp3) is 0.238. The number of hydrogen-bond donors (Lipinski definition) is 0. The van der Waals surface area contributed by atoms with Crippen molar-refractivity contribution in [2.45, 2.75) is 6.61 Å². The zero-order chi connectivity index (χ0) is 21.1. The molecule has 1 aromatic heterocycles. The molecule has 0 N–H and O–H groups in total. The van der Waals surface area contributed by atoms with Crippen molar-refractivity contribution >= 4 is 28.8 Å². The normalized spacial score (nSPS) is 14.0. The third-order valence-electron chi connectivity index (χ3n) is 4.64. The Morgan fingerprint density at radius 2 is 2.00 bits per heavy atom. The van der Waals surface area contributed by atoms with Gasteiger partial charge in [0.15, 0.2) is 0 Å². The lowest BCUT2D eigenvalue weighted by molar-refractivity contribution is 0.0299. The highest BCUT2D eigenvalue weighted by molar-refractivity contribution is 7.13. The van der Waals surface area contributed by atoms with E-state index in [4.69, 9.17) is 21.1 Å². The molecule has 4 rings (SSSR count). The summed E-state index contributed by atoms with van der Waals surface area (Å²) < 4.78 is 39.2. The third-order valence-corrected chi connectivity index (χ3v) is 5.87. The van der Waals surface area contributed by atoms with Gasteiger partial charge in [-0.05, 0) is 24.3 Å². The second kappa shape index (κ2) is 9.07. The first-order valence-electron chi connectivity index (χ1n) is 9.21. The zero-order valence-electron chi connectivity index (χ0n) is 15.7. The number of benzene rings is 2. The summed E-state index contributed by atoms with van der Waals surface area (Å²) in [6, 6.07) is 8.64. The quantitative estimate of drug-likeness (QED) is 0.560. The largest absolute Gasteiger partial charge is 0.489 e. The van der Waals surface area contributed by atoms with E-state index >= 15 is 0 Å². The van der Waals surface area contributed by atoms with Crippen molar-refractivity contribution in [3.63, 3.8) is 0 Å². The van der Waals surface area contributed by atoms with Gasteiger partial charge in [-0.3, -0.25) is 4.79 Å². The molecule has 1 aliphatic rings. The summed E-state index contributed by atoms with van der Waals surface area (Å²) in [6.07, 6.45) is 0. The van der Waals surface area contributed by atoms with Crippen LogP contribution in [0.15, 0.2) is 41.8 Å². The number of halogens is 3. The minimum Gasteiger partial charge on any atom is -0.489 e. The number of nitrogens with zero attached hydrogens (tertiary/aromatic N) is 2. The fourth-order valence-corrected chi connectivity index (χ4v) is 4.05. The molecule has 1 saturated heterocycles. The van der Waals surface area contributed by atoms with Crippen LogP contribution in [0.4, 0.5) is 8.78 Å². The highest BCUT2D eigenvalue weighted by Gasteiger charge is 2.22. The maximum Gasteiger partial charge on any atom is 0.273 e. The Hall–Kier alpha value is -2.55. The van der Waals surface area contributed by atoms with Crippen LogP contribution in [0.2, 0.25) is 5.02 Å². The molecule has 0 aliphatic carbocycles. The molecule has 2 heterocycles. The van der Waals surface area contributed by atoms with Crippen LogP contribution in [-0.4, -0.2) is 42.1 Å². The number of hydrogen-bond acceptors (Lipinski definition) is 5. The third kappa shape index (κ3) is 4.45. The fourth-order valence-electron chi connectivity index (χ4n) is 3.01. The van der Waals surface area contributed by atoms with E-state index in [0.717, 1.165) is 0 Å². The molecular weight excluding hydrogens is 434 g/mol. The molecule has 2 aromatic carbocycles. The monoisotopic (exact) mass is 450 g/mol. The van der Waals surface area contributed by atoms with Crippen molar-refractivity contribution in [3.8, 4) is 16.3 Å². The standard InChI is InChI=1S/C21H17ClF2N2O3S/c22-16-2-1-3-17(23)15(16)11-29-13-4-5-14(18(24)10-13)20-25-19(12-30-20)21(27)26-6-8-28-9-7-26/h1-5,10,12H,6-9,11H2. The van der Waals surface area contributed by atoms with Crippen LogP contribution < -0.4 is 4.74 Å². The molecule has 5 nitrogen and oxygen atoms in total. The molecule has 1 amide bonds. The van der Waals surface area contributed by atoms with Crippen LogP contribution in [0.25, 0.3) is 10.6 Å². The molecule has 0 bridgehead atoms. The van der Waals surface area contributed by atoms with E-state index in [1.165, 1.54) is 35.6 Å². The molecule has 0 radical (unpaired) electrons. The molecule has 1 aliphatic heterocycles. The Kier molecular flexibility index (Phi) is 6.26. The highest BCUT2D eigenvalue weighted by Crippen LogP contribution is 2.30. The van der Waals surface area contributed by atoms with Crippen LogP contribution in [0.5, 0.6) is 5.75 Å². The first-order valence-corrected chi connectivity index (χ1v) is 10.5. The van der Waals surface area contributed by atoms with Gasteiger partial charge in [-0.25, -0.2) is 13.8 Å². The van der Waals surface area contributed by atoms with Gasteiger partial charge in [-0.1, -0.05) is 17.7 Å². The molecule has 30 heavy (non-hydrogen) atoms. The van der Waals surface area contributed by atoms with Gasteiger partial charge in [-0.15, -0.1) is 11.3 Å². The van der Waals surface area contributed by atoms with Crippen LogP contribution in [0.3, 0.4) is 0 Å². The van der Waals surface area contributed by atoms with Crippen molar-refractivity contribution < 1.29 is 23.0 Å². The molecule has 3 aromatic rings. The van der Waals surface area contributed by atoms with Crippen molar-refractivity contribution in [2.24, 2.45) is 0 Å². The minimum absolute atomic E-state index is 0.125. The number of rotatable bonds is 5. The summed E-state index contributed by atoms with van der Waals surface area (Å²) in [5.41, 5.74) is 0.748. The van der Waals surface area contributed by atoms with Crippen molar-refractivity contribution in [1.82, 2.24) is 9.88 Å². The van der Waals surface area contributed by atoms with E-state index in [9.17, 15) is 13.6 Å². The second-order valence-corrected chi connectivity index (χ2v) is 7.84. The molecule has 9 heteroatoms. The van der Waals surface area contributed by atoms with E-state index < -0.39 is 11.6 Å². The van der Waals surface area contributed by atoms with E-state index in [1.54, 1.807) is 22.4 Å². The van der Waals surface area contributed by atoms with Crippen LogP contribution in [0, 0.1) is 11.6 Å². The number of carbonyl (C=O) groups excluding carboxylic acids is 1. The summed E-state index contributed by atoms with van der Waals surface area (Å²) in [5.74, 6) is -0.994. The average Bonchev–Trinajstić information content (AvgIpc) is 3.23. The lowest BCUT2D eigenvalue weighted by Gasteiger charge is -2.25. The van der Waals surface area contributed by atoms with E-state index in [0.29, 0.717) is 31.3 Å². The summed E-state index contributed by atoms with van der Waals surface area (Å²) in [7, 11) is 0. The topological polar surface area (TPSA) is 51.7 Å². The number of morpholine rings is 1.